The van der Waals surface area contributed by atoms with Gasteiger partial charge in [-0.15, -0.1) is 17.7 Å². The van der Waals surface area contributed by atoms with Gasteiger partial charge in [0.15, 0.2) is 0 Å². The Morgan fingerprint density at radius 2 is 1.93 bits per heavy atom. The molecule has 4 rings (SSSR count). The van der Waals surface area contributed by atoms with Gasteiger partial charge in [0.1, 0.15) is 33.7 Å². The van der Waals surface area contributed by atoms with Gasteiger partial charge in [0.05, 0.1) is 6.61 Å². The summed E-state index contributed by atoms with van der Waals surface area (Å²) in [6, 6.07) is 16.2. The third kappa shape index (κ3) is 3.25. The Balaban J connectivity index is 1.92. The lowest BCUT2D eigenvalue weighted by molar-refractivity contribution is 0.318. The number of nitrogens with zero attached hydrogens (tertiary/aromatic N) is 3. The third-order valence-electron chi connectivity index (χ3n) is 4.42. The Hall–Kier alpha value is -3.19. The van der Waals surface area contributed by atoms with Crippen molar-refractivity contribution < 1.29 is 14.9 Å². The van der Waals surface area contributed by atoms with E-state index in [0.29, 0.717) is 23.0 Å². The van der Waals surface area contributed by atoms with Crippen LogP contribution in [0.5, 0.6) is 17.2 Å². The molecule has 0 aliphatic heterocycles. The summed E-state index contributed by atoms with van der Waals surface area (Å²) >= 11 is 4.49. The van der Waals surface area contributed by atoms with Crippen molar-refractivity contribution in [1.82, 2.24) is 15.0 Å². The van der Waals surface area contributed by atoms with Gasteiger partial charge < -0.3 is 14.9 Å². The lowest BCUT2D eigenvalue weighted by Gasteiger charge is -2.12. The second-order valence-corrected chi connectivity index (χ2v) is 6.81. The fourth-order valence-electron chi connectivity index (χ4n) is 3.14. The zero-order valence-corrected chi connectivity index (χ0v) is 16.1. The smallest absolute Gasteiger partial charge is 0.145 e. The molecule has 1 heterocycles. The number of hydrogen-bond acceptors (Lipinski definition) is 6. The molecular weight excluding hydrogens is 374 g/mol. The van der Waals surface area contributed by atoms with Crippen LogP contribution in [0, 0.1) is 0 Å². The van der Waals surface area contributed by atoms with E-state index in [1.54, 1.807) is 6.07 Å². The highest BCUT2D eigenvalue weighted by molar-refractivity contribution is 7.80. The average molecular weight is 393 g/mol. The molecule has 142 valence electrons. The van der Waals surface area contributed by atoms with Gasteiger partial charge >= 0.3 is 0 Å². The van der Waals surface area contributed by atoms with E-state index in [1.165, 1.54) is 16.8 Å². The second-order valence-electron chi connectivity index (χ2n) is 6.38. The van der Waals surface area contributed by atoms with Gasteiger partial charge in [0.2, 0.25) is 0 Å². The third-order valence-corrected chi connectivity index (χ3v) is 4.72. The normalized spacial score (nSPS) is 11.1. The summed E-state index contributed by atoms with van der Waals surface area (Å²) < 4.78 is 7.31. The highest BCUT2D eigenvalue weighted by atomic mass is 32.1. The minimum Gasteiger partial charge on any atom is -0.508 e. The number of thiol groups is 1. The summed E-state index contributed by atoms with van der Waals surface area (Å²) in [7, 11) is 0. The molecule has 0 spiro atoms. The first-order valence-corrected chi connectivity index (χ1v) is 9.36. The summed E-state index contributed by atoms with van der Waals surface area (Å²) in [5.74, 6) is 0.651. The molecule has 0 unspecified atom stereocenters. The van der Waals surface area contributed by atoms with Crippen LogP contribution >= 0.6 is 12.6 Å². The summed E-state index contributed by atoms with van der Waals surface area (Å²) in [6.45, 7) is 2.71. The Kier molecular flexibility index (Phi) is 4.83. The predicted octanol–water partition coefficient (Wildman–Crippen LogP) is 4.58. The topological polar surface area (TPSA) is 80.4 Å². The van der Waals surface area contributed by atoms with Gasteiger partial charge in [-0.1, -0.05) is 36.4 Å². The zero-order chi connectivity index (χ0) is 19.7. The van der Waals surface area contributed by atoms with Gasteiger partial charge in [0, 0.05) is 11.6 Å². The average Bonchev–Trinajstić information content (AvgIpc) is 3.06. The van der Waals surface area contributed by atoms with Gasteiger partial charge in [0.25, 0.3) is 0 Å². The molecule has 0 saturated carbocycles. The Bertz CT molecular complexity index is 1160. The monoisotopic (exact) mass is 393 g/mol. The number of hydrogen-bond donors (Lipinski definition) is 3. The zero-order valence-electron chi connectivity index (χ0n) is 15.2. The first kappa shape index (κ1) is 18.2. The van der Waals surface area contributed by atoms with Crippen molar-refractivity contribution in [1.29, 1.82) is 0 Å². The lowest BCUT2D eigenvalue weighted by atomic mass is 10.0. The van der Waals surface area contributed by atoms with Crippen molar-refractivity contribution >= 4 is 23.4 Å². The second kappa shape index (κ2) is 7.44. The molecule has 0 radical (unpaired) electrons. The molecule has 0 aliphatic carbocycles. The maximum Gasteiger partial charge on any atom is 0.145 e. The molecule has 0 aliphatic rings. The van der Waals surface area contributed by atoms with Crippen molar-refractivity contribution in [3.05, 3.63) is 54.6 Å². The number of fused-ring (bicyclic) bond motifs is 1. The summed E-state index contributed by atoms with van der Waals surface area (Å²) in [4.78, 5) is 0. The van der Waals surface area contributed by atoms with E-state index in [2.05, 4.69) is 29.9 Å². The van der Waals surface area contributed by atoms with Crippen LogP contribution in [-0.2, 0) is 0 Å². The Morgan fingerprint density at radius 1 is 1.07 bits per heavy atom. The number of benzene rings is 3. The Morgan fingerprint density at radius 3 is 2.71 bits per heavy atom. The van der Waals surface area contributed by atoms with Crippen LogP contribution in [0.2, 0.25) is 0 Å². The highest BCUT2D eigenvalue weighted by Crippen LogP contribution is 2.37. The van der Waals surface area contributed by atoms with E-state index >= 15 is 0 Å². The van der Waals surface area contributed by atoms with Gasteiger partial charge in [-0.2, -0.15) is 0 Å². The van der Waals surface area contributed by atoms with E-state index in [0.717, 1.165) is 28.5 Å². The standard InChI is InChI=1S/C21H19N3O3S/c1-2-10-27-15-8-6-13-4-3-5-16(17(13)12-15)20-21(28)22-23-24(20)18-9-7-14(25)11-19(18)26/h3-9,11-12,25-26,28H,2,10H2,1H3. The minimum absolute atomic E-state index is 0.0307. The number of phenolic OH excluding ortho intramolecular Hbond substituents is 2. The molecule has 6 nitrogen and oxygen atoms in total. The predicted molar refractivity (Wildman–Crippen MR) is 111 cm³/mol. The van der Waals surface area contributed by atoms with Crippen molar-refractivity contribution in [2.45, 2.75) is 18.4 Å². The first-order chi connectivity index (χ1) is 13.6. The molecule has 0 atom stereocenters. The van der Waals surface area contributed by atoms with E-state index in [4.69, 9.17) is 4.74 Å². The summed E-state index contributed by atoms with van der Waals surface area (Å²) in [5.41, 5.74) is 1.90. The van der Waals surface area contributed by atoms with Crippen LogP contribution in [0.15, 0.2) is 59.6 Å². The molecule has 0 saturated heterocycles. The van der Waals surface area contributed by atoms with Crippen molar-refractivity contribution in [3.63, 3.8) is 0 Å². The lowest BCUT2D eigenvalue weighted by Crippen LogP contribution is -2.00. The van der Waals surface area contributed by atoms with E-state index < -0.39 is 0 Å². The van der Waals surface area contributed by atoms with Crippen LogP contribution in [0.3, 0.4) is 0 Å². The van der Waals surface area contributed by atoms with Crippen molar-refractivity contribution in [2.24, 2.45) is 0 Å². The van der Waals surface area contributed by atoms with Gasteiger partial charge in [-0.3, -0.25) is 0 Å². The maximum atomic E-state index is 10.3. The molecule has 0 bridgehead atoms. The molecule has 0 amide bonds. The SMILES string of the molecule is CCCOc1ccc2cccc(-c3c(S)nnn3-c3ccc(O)cc3O)c2c1. The van der Waals surface area contributed by atoms with Crippen LogP contribution in [0.25, 0.3) is 27.7 Å². The highest BCUT2D eigenvalue weighted by Gasteiger charge is 2.19. The quantitative estimate of drug-likeness (QED) is 0.433. The van der Waals surface area contributed by atoms with E-state index in [1.807, 2.05) is 36.4 Å². The van der Waals surface area contributed by atoms with Gasteiger partial charge in [-0.05, 0) is 41.5 Å². The largest absolute Gasteiger partial charge is 0.508 e. The van der Waals surface area contributed by atoms with E-state index in [-0.39, 0.29) is 11.5 Å². The number of rotatable bonds is 5. The molecule has 2 N–H and O–H groups in total. The first-order valence-electron chi connectivity index (χ1n) is 8.91. The number of aromatic nitrogens is 3. The molecular formula is C21H19N3O3S. The van der Waals surface area contributed by atoms with Crippen molar-refractivity contribution in [3.8, 4) is 34.2 Å². The fraction of sp³-hybridized carbons (Fsp3) is 0.143. The Labute approximate surface area is 167 Å². The van der Waals surface area contributed by atoms with Gasteiger partial charge in [-0.25, -0.2) is 4.68 Å². The number of aromatic hydroxyl groups is 2. The molecule has 3 aromatic carbocycles. The number of phenols is 2. The van der Waals surface area contributed by atoms with Crippen molar-refractivity contribution in [2.75, 3.05) is 6.61 Å². The maximum absolute atomic E-state index is 10.3. The summed E-state index contributed by atoms with van der Waals surface area (Å²) in [5, 5.41) is 30.5. The molecule has 28 heavy (non-hydrogen) atoms. The molecule has 7 heteroatoms. The van der Waals surface area contributed by atoms with Crippen LogP contribution in [0.1, 0.15) is 13.3 Å². The van der Waals surface area contributed by atoms with Crippen LogP contribution < -0.4 is 4.74 Å². The number of ether oxygens (including phenoxy) is 1. The molecule has 1 aromatic heterocycles. The fourth-order valence-corrected chi connectivity index (χ4v) is 3.39. The van der Waals surface area contributed by atoms with Crippen LogP contribution in [-0.4, -0.2) is 31.8 Å². The summed E-state index contributed by atoms with van der Waals surface area (Å²) in [6.07, 6.45) is 0.928. The minimum atomic E-state index is -0.105. The van der Waals surface area contributed by atoms with E-state index in [9.17, 15) is 10.2 Å². The molecule has 0 fully saturated rings. The molecule has 4 aromatic rings. The van der Waals surface area contributed by atoms with Crippen LogP contribution in [0.4, 0.5) is 0 Å².